The third-order valence-electron chi connectivity index (χ3n) is 4.11. The number of rotatable bonds is 6. The fourth-order valence-corrected chi connectivity index (χ4v) is 2.92. The third-order valence-corrected chi connectivity index (χ3v) is 4.11. The van der Waals surface area contributed by atoms with Crippen molar-refractivity contribution in [2.45, 2.75) is 32.2 Å². The van der Waals surface area contributed by atoms with E-state index >= 15 is 0 Å². The summed E-state index contributed by atoms with van der Waals surface area (Å²) in [5, 5.41) is 11.9. The van der Waals surface area contributed by atoms with Crippen LogP contribution < -0.4 is 5.32 Å². The number of hydrogen-bond donors (Lipinski definition) is 1. The summed E-state index contributed by atoms with van der Waals surface area (Å²) in [6, 6.07) is 6.26. The van der Waals surface area contributed by atoms with Gasteiger partial charge in [0.2, 0.25) is 0 Å². The van der Waals surface area contributed by atoms with Gasteiger partial charge in [-0.1, -0.05) is 6.07 Å². The Bertz CT molecular complexity index is 657. The molecule has 124 valence electrons. The molecule has 1 fully saturated rings. The Kier molecular flexibility index (Phi) is 5.07. The van der Waals surface area contributed by atoms with E-state index in [0.29, 0.717) is 12.6 Å². The molecular formula is C16H23N5O2. The number of amides is 1. The van der Waals surface area contributed by atoms with Gasteiger partial charge in [0.25, 0.3) is 0 Å². The van der Waals surface area contributed by atoms with E-state index < -0.39 is 0 Å². The first kappa shape index (κ1) is 15.7. The number of ether oxygens (including phenoxy) is 1. The summed E-state index contributed by atoms with van der Waals surface area (Å²) >= 11 is 0. The molecule has 7 heteroatoms. The van der Waals surface area contributed by atoms with Crippen molar-refractivity contribution in [1.82, 2.24) is 24.8 Å². The molecule has 1 aliphatic heterocycles. The van der Waals surface area contributed by atoms with Crippen LogP contribution in [0.15, 0.2) is 24.4 Å². The van der Waals surface area contributed by atoms with Crippen LogP contribution in [0.3, 0.4) is 0 Å². The van der Waals surface area contributed by atoms with E-state index in [1.807, 2.05) is 35.7 Å². The van der Waals surface area contributed by atoms with Gasteiger partial charge in [0, 0.05) is 31.7 Å². The maximum absolute atomic E-state index is 11.7. The summed E-state index contributed by atoms with van der Waals surface area (Å²) in [5.74, 6) is 0.988. The van der Waals surface area contributed by atoms with Gasteiger partial charge >= 0.3 is 6.09 Å². The lowest BCUT2D eigenvalue weighted by Gasteiger charge is -2.16. The highest BCUT2D eigenvalue weighted by Gasteiger charge is 2.26. The number of pyridine rings is 1. The SMILES string of the molecule is CCOC(=O)N1CCC(NCCCc2nnc3ccccn23)C1. The van der Waals surface area contributed by atoms with Gasteiger partial charge in [-0.3, -0.25) is 4.40 Å². The minimum Gasteiger partial charge on any atom is -0.450 e. The number of likely N-dealkylation sites (tertiary alicyclic amines) is 1. The van der Waals surface area contributed by atoms with E-state index in [1.165, 1.54) is 0 Å². The van der Waals surface area contributed by atoms with Crippen LogP contribution in [0.5, 0.6) is 0 Å². The Balaban J connectivity index is 1.40. The predicted molar refractivity (Wildman–Crippen MR) is 86.3 cm³/mol. The van der Waals surface area contributed by atoms with Crippen LogP contribution in [0.4, 0.5) is 4.79 Å². The topological polar surface area (TPSA) is 71.8 Å². The summed E-state index contributed by atoms with van der Waals surface area (Å²) in [4.78, 5) is 13.4. The van der Waals surface area contributed by atoms with E-state index in [-0.39, 0.29) is 6.09 Å². The fraction of sp³-hybridized carbons (Fsp3) is 0.562. The highest BCUT2D eigenvalue weighted by atomic mass is 16.6. The lowest BCUT2D eigenvalue weighted by atomic mass is 10.2. The molecule has 2 aromatic rings. The van der Waals surface area contributed by atoms with Gasteiger partial charge in [0.15, 0.2) is 5.65 Å². The van der Waals surface area contributed by atoms with E-state index in [9.17, 15) is 4.79 Å². The summed E-state index contributed by atoms with van der Waals surface area (Å²) in [5.41, 5.74) is 0.885. The second-order valence-corrected chi connectivity index (χ2v) is 5.73. The van der Waals surface area contributed by atoms with E-state index in [2.05, 4.69) is 15.5 Å². The van der Waals surface area contributed by atoms with Crippen molar-refractivity contribution in [1.29, 1.82) is 0 Å². The maximum atomic E-state index is 11.7. The predicted octanol–water partition coefficient (Wildman–Crippen LogP) is 1.48. The van der Waals surface area contributed by atoms with Crippen molar-refractivity contribution >= 4 is 11.7 Å². The van der Waals surface area contributed by atoms with Gasteiger partial charge in [0.1, 0.15) is 5.82 Å². The standard InChI is InChI=1S/C16H23N5O2/c1-2-23-16(22)20-11-8-13(12-20)17-9-5-7-15-19-18-14-6-3-4-10-21(14)15/h3-4,6,10,13,17H,2,5,7-9,11-12H2,1H3. The number of aromatic nitrogens is 3. The van der Waals surface area contributed by atoms with Gasteiger partial charge in [-0.15, -0.1) is 10.2 Å². The molecule has 2 aromatic heterocycles. The van der Waals surface area contributed by atoms with E-state index in [4.69, 9.17) is 4.74 Å². The molecule has 0 saturated carbocycles. The third kappa shape index (κ3) is 3.79. The molecule has 3 heterocycles. The Morgan fingerprint density at radius 1 is 1.43 bits per heavy atom. The number of nitrogens with one attached hydrogen (secondary N) is 1. The first-order valence-corrected chi connectivity index (χ1v) is 8.21. The smallest absolute Gasteiger partial charge is 0.409 e. The normalized spacial score (nSPS) is 17.8. The quantitative estimate of drug-likeness (QED) is 0.817. The minimum atomic E-state index is -0.202. The van der Waals surface area contributed by atoms with Crippen LogP contribution in [0.1, 0.15) is 25.6 Å². The molecule has 0 aromatic carbocycles. The van der Waals surface area contributed by atoms with E-state index in [1.54, 1.807) is 4.90 Å². The summed E-state index contributed by atoms with van der Waals surface area (Å²) in [7, 11) is 0. The number of aryl methyl sites for hydroxylation is 1. The molecule has 1 saturated heterocycles. The van der Waals surface area contributed by atoms with Gasteiger partial charge in [-0.2, -0.15) is 0 Å². The molecule has 0 aliphatic carbocycles. The fourth-order valence-electron chi connectivity index (χ4n) is 2.92. The van der Waals surface area contributed by atoms with Crippen molar-refractivity contribution in [3.05, 3.63) is 30.2 Å². The van der Waals surface area contributed by atoms with Crippen LogP contribution in [0.25, 0.3) is 5.65 Å². The lowest BCUT2D eigenvalue weighted by molar-refractivity contribution is 0.115. The number of carbonyl (C=O) groups excluding carboxylic acids is 1. The lowest BCUT2D eigenvalue weighted by Crippen LogP contribution is -2.36. The van der Waals surface area contributed by atoms with Gasteiger partial charge in [0.05, 0.1) is 6.61 Å². The second kappa shape index (κ2) is 7.41. The Morgan fingerprint density at radius 3 is 3.22 bits per heavy atom. The van der Waals surface area contributed by atoms with Crippen molar-refractivity contribution in [3.8, 4) is 0 Å². The minimum absolute atomic E-state index is 0.202. The van der Waals surface area contributed by atoms with Crippen LogP contribution >= 0.6 is 0 Å². The van der Waals surface area contributed by atoms with Crippen molar-refractivity contribution < 1.29 is 9.53 Å². The molecular weight excluding hydrogens is 294 g/mol. The Morgan fingerprint density at radius 2 is 2.35 bits per heavy atom. The zero-order valence-electron chi connectivity index (χ0n) is 13.4. The zero-order valence-corrected chi connectivity index (χ0v) is 13.4. The molecule has 1 aliphatic rings. The number of carbonyl (C=O) groups is 1. The Labute approximate surface area is 135 Å². The Hall–Kier alpha value is -2.15. The molecule has 0 radical (unpaired) electrons. The molecule has 1 N–H and O–H groups in total. The molecule has 23 heavy (non-hydrogen) atoms. The van der Waals surface area contributed by atoms with Gasteiger partial charge in [-0.05, 0) is 38.4 Å². The number of hydrogen-bond acceptors (Lipinski definition) is 5. The van der Waals surface area contributed by atoms with Crippen LogP contribution in [0.2, 0.25) is 0 Å². The van der Waals surface area contributed by atoms with Crippen molar-refractivity contribution in [3.63, 3.8) is 0 Å². The van der Waals surface area contributed by atoms with Crippen molar-refractivity contribution in [2.24, 2.45) is 0 Å². The molecule has 7 nitrogen and oxygen atoms in total. The first-order valence-electron chi connectivity index (χ1n) is 8.21. The number of fused-ring (bicyclic) bond motifs is 1. The molecule has 3 rings (SSSR count). The number of nitrogens with zero attached hydrogens (tertiary/aromatic N) is 4. The van der Waals surface area contributed by atoms with Gasteiger partial charge < -0.3 is 15.0 Å². The molecule has 1 amide bonds. The molecule has 1 atom stereocenters. The zero-order chi connectivity index (χ0) is 16.1. The van der Waals surface area contributed by atoms with Crippen LogP contribution in [0, 0.1) is 0 Å². The van der Waals surface area contributed by atoms with E-state index in [0.717, 1.165) is 50.4 Å². The molecule has 0 spiro atoms. The summed E-state index contributed by atoms with van der Waals surface area (Å²) < 4.78 is 7.06. The van der Waals surface area contributed by atoms with Gasteiger partial charge in [-0.25, -0.2) is 4.79 Å². The van der Waals surface area contributed by atoms with Crippen LogP contribution in [-0.4, -0.2) is 57.9 Å². The first-order chi connectivity index (χ1) is 11.3. The van der Waals surface area contributed by atoms with Crippen molar-refractivity contribution in [2.75, 3.05) is 26.2 Å². The summed E-state index contributed by atoms with van der Waals surface area (Å²) in [6.45, 7) is 4.67. The molecule has 1 unspecified atom stereocenters. The largest absolute Gasteiger partial charge is 0.450 e. The highest BCUT2D eigenvalue weighted by molar-refractivity contribution is 5.68. The second-order valence-electron chi connectivity index (χ2n) is 5.73. The van der Waals surface area contributed by atoms with Crippen LogP contribution in [-0.2, 0) is 11.2 Å². The maximum Gasteiger partial charge on any atom is 0.409 e. The average Bonchev–Trinajstić information content (AvgIpc) is 3.19. The highest BCUT2D eigenvalue weighted by Crippen LogP contribution is 2.11. The monoisotopic (exact) mass is 317 g/mol. The average molecular weight is 317 g/mol. The molecule has 0 bridgehead atoms. The summed E-state index contributed by atoms with van der Waals surface area (Å²) in [6.07, 6.45) is 4.64.